The summed E-state index contributed by atoms with van der Waals surface area (Å²) >= 11 is 0. The van der Waals surface area contributed by atoms with Crippen molar-refractivity contribution in [2.24, 2.45) is 0 Å². The Morgan fingerprint density at radius 1 is 1.33 bits per heavy atom. The van der Waals surface area contributed by atoms with Crippen molar-refractivity contribution >= 4 is 27.2 Å². The zero-order valence-corrected chi connectivity index (χ0v) is 16.1. The highest BCUT2D eigenvalue weighted by atomic mass is 32.2. The summed E-state index contributed by atoms with van der Waals surface area (Å²) in [4.78, 5) is 23.2. The molecule has 0 fully saturated rings. The number of sulfonamides is 1. The van der Waals surface area contributed by atoms with Gasteiger partial charge in [-0.1, -0.05) is 0 Å². The first-order valence-electron chi connectivity index (χ1n) is 8.50. The van der Waals surface area contributed by atoms with E-state index >= 15 is 0 Å². The molecule has 0 unspecified atom stereocenters. The molecule has 0 N–H and O–H groups in total. The van der Waals surface area contributed by atoms with Gasteiger partial charge < -0.3 is 0 Å². The summed E-state index contributed by atoms with van der Waals surface area (Å²) in [7, 11) is -3.34. The monoisotopic (exact) mass is 392 g/mol. The van der Waals surface area contributed by atoms with E-state index < -0.39 is 14.9 Å². The molecule has 3 rings (SSSR count). The molecule has 2 aromatic rings. The van der Waals surface area contributed by atoms with Gasteiger partial charge in [0.2, 0.25) is 10.0 Å². The highest BCUT2D eigenvalue weighted by molar-refractivity contribution is 7.92. The smallest absolute Gasteiger partial charge is 0.292 e. The van der Waals surface area contributed by atoms with Gasteiger partial charge in [0, 0.05) is 12.1 Å². The van der Waals surface area contributed by atoms with Crippen LogP contribution in [0.3, 0.4) is 0 Å². The topological polar surface area (TPSA) is 115 Å². The third kappa shape index (κ3) is 3.32. The fourth-order valence-corrected chi connectivity index (χ4v) is 4.48. The van der Waals surface area contributed by atoms with E-state index in [-0.39, 0.29) is 29.5 Å². The van der Waals surface area contributed by atoms with E-state index in [1.807, 2.05) is 0 Å². The maximum absolute atomic E-state index is 12.6. The normalized spacial score (nSPS) is 13.7. The Balaban J connectivity index is 1.86. The Kier molecular flexibility index (Phi) is 4.77. The van der Waals surface area contributed by atoms with Crippen LogP contribution >= 0.6 is 0 Å². The van der Waals surface area contributed by atoms with Gasteiger partial charge >= 0.3 is 5.69 Å². The van der Waals surface area contributed by atoms with Gasteiger partial charge in [0.25, 0.3) is 0 Å². The predicted octanol–water partition coefficient (Wildman–Crippen LogP) is 2.00. The number of fused-ring (bicyclic) bond motifs is 1. The number of anilines is 1. The van der Waals surface area contributed by atoms with Gasteiger partial charge in [0.1, 0.15) is 17.9 Å². The summed E-state index contributed by atoms with van der Waals surface area (Å²) < 4.78 is 27.0. The summed E-state index contributed by atoms with van der Waals surface area (Å²) in [6.07, 6.45) is 0.543. The van der Waals surface area contributed by atoms with Crippen LogP contribution in [0.5, 0.6) is 0 Å². The number of rotatable bonds is 6. The quantitative estimate of drug-likeness (QED) is 0.422. The van der Waals surface area contributed by atoms with Crippen LogP contribution in [0.25, 0.3) is 0 Å². The van der Waals surface area contributed by atoms with Crippen LogP contribution in [0.2, 0.25) is 0 Å². The van der Waals surface area contributed by atoms with Crippen LogP contribution in [0.15, 0.2) is 18.2 Å². The number of nitrogens with zero attached hydrogens (tertiary/aromatic N) is 4. The third-order valence-electron chi connectivity index (χ3n) is 4.77. The van der Waals surface area contributed by atoms with E-state index in [1.54, 1.807) is 32.0 Å². The fourth-order valence-electron chi connectivity index (χ4n) is 3.32. The number of carbonyl (C=O) groups excluding carboxylic acids is 1. The minimum atomic E-state index is -3.34. The van der Waals surface area contributed by atoms with Crippen LogP contribution in [-0.4, -0.2) is 41.2 Å². The van der Waals surface area contributed by atoms with Crippen LogP contribution in [0.4, 0.5) is 11.4 Å². The van der Waals surface area contributed by atoms with E-state index in [1.165, 1.54) is 15.9 Å². The molecule has 1 aromatic heterocycles. The second-order valence-electron chi connectivity index (χ2n) is 6.42. The number of hydrogen-bond donors (Lipinski definition) is 0. The second kappa shape index (κ2) is 6.76. The lowest BCUT2D eigenvalue weighted by Crippen LogP contribution is -2.30. The lowest BCUT2D eigenvalue weighted by Gasteiger charge is -2.18. The number of hydrogen-bond acceptors (Lipinski definition) is 6. The van der Waals surface area contributed by atoms with Crippen molar-refractivity contribution in [1.29, 1.82) is 0 Å². The minimum absolute atomic E-state index is 0.0177. The van der Waals surface area contributed by atoms with Crippen molar-refractivity contribution in [3.05, 3.63) is 50.8 Å². The molecular weight excluding hydrogens is 372 g/mol. The molecule has 0 bridgehead atoms. The molecule has 0 atom stereocenters. The largest absolute Gasteiger partial charge is 0.312 e. The Hall–Kier alpha value is -2.75. The number of benzene rings is 1. The molecule has 0 saturated carbocycles. The fraction of sp³-hybridized carbons (Fsp3) is 0.412. The number of aromatic nitrogens is 2. The minimum Gasteiger partial charge on any atom is -0.292 e. The van der Waals surface area contributed by atoms with E-state index in [9.17, 15) is 23.3 Å². The molecule has 1 aliphatic rings. The van der Waals surface area contributed by atoms with Gasteiger partial charge in [-0.05, 0) is 51.0 Å². The average molecular weight is 392 g/mol. The summed E-state index contributed by atoms with van der Waals surface area (Å²) in [6.45, 7) is 4.94. The molecule has 144 valence electrons. The standard InChI is InChI=1S/C17H20N4O5S/c1-4-27(25,26)20-8-7-13-9-14(5-6-15(13)20)16(22)10-19-12(3)17(21(23)24)11(2)18-19/h5-6,9H,4,7-8,10H2,1-3H3. The molecule has 10 heteroatoms. The molecule has 1 aromatic carbocycles. The third-order valence-corrected chi connectivity index (χ3v) is 6.55. The molecule has 0 amide bonds. The summed E-state index contributed by atoms with van der Waals surface area (Å²) in [5.74, 6) is -0.223. The van der Waals surface area contributed by atoms with E-state index in [4.69, 9.17) is 0 Å². The van der Waals surface area contributed by atoms with Gasteiger partial charge in [0.05, 0.1) is 16.4 Å². The zero-order valence-electron chi connectivity index (χ0n) is 15.3. The summed E-state index contributed by atoms with van der Waals surface area (Å²) in [5.41, 5.74) is 2.34. The van der Waals surface area contributed by atoms with Gasteiger partial charge in [0.15, 0.2) is 5.78 Å². The number of nitro groups is 1. The Morgan fingerprint density at radius 3 is 2.63 bits per heavy atom. The first kappa shape index (κ1) is 19.0. The van der Waals surface area contributed by atoms with Crippen molar-refractivity contribution in [2.75, 3.05) is 16.6 Å². The van der Waals surface area contributed by atoms with Crippen LogP contribution in [-0.2, 0) is 23.0 Å². The molecule has 0 aliphatic carbocycles. The highest BCUT2D eigenvalue weighted by Crippen LogP contribution is 2.31. The first-order valence-corrected chi connectivity index (χ1v) is 10.1. The van der Waals surface area contributed by atoms with Crippen molar-refractivity contribution < 1.29 is 18.1 Å². The SMILES string of the molecule is CCS(=O)(=O)N1CCc2cc(C(=O)Cn3nc(C)c([N+](=O)[O-])c3C)ccc21. The molecule has 2 heterocycles. The maximum atomic E-state index is 12.6. The van der Waals surface area contributed by atoms with E-state index in [2.05, 4.69) is 5.10 Å². The molecule has 1 aliphatic heterocycles. The van der Waals surface area contributed by atoms with E-state index in [0.717, 1.165) is 5.56 Å². The van der Waals surface area contributed by atoms with Crippen LogP contribution in [0.1, 0.15) is 34.2 Å². The molecule has 0 saturated heterocycles. The van der Waals surface area contributed by atoms with Crippen LogP contribution < -0.4 is 4.31 Å². The number of ketones is 1. The first-order chi connectivity index (χ1) is 12.7. The highest BCUT2D eigenvalue weighted by Gasteiger charge is 2.29. The number of Topliss-reactive ketones (excluding diaryl/α,β-unsaturated/α-hetero) is 1. The maximum Gasteiger partial charge on any atom is 0.312 e. The Morgan fingerprint density at radius 2 is 2.04 bits per heavy atom. The molecule has 9 nitrogen and oxygen atoms in total. The summed E-state index contributed by atoms with van der Waals surface area (Å²) in [5, 5.41) is 15.2. The van der Waals surface area contributed by atoms with E-state index in [0.29, 0.717) is 29.9 Å². The number of carbonyl (C=O) groups is 1. The molecule has 27 heavy (non-hydrogen) atoms. The summed E-state index contributed by atoms with van der Waals surface area (Å²) in [6, 6.07) is 4.93. The second-order valence-corrected chi connectivity index (χ2v) is 8.61. The van der Waals surface area contributed by atoms with Crippen molar-refractivity contribution in [3.8, 4) is 0 Å². The van der Waals surface area contributed by atoms with Crippen molar-refractivity contribution in [2.45, 2.75) is 33.7 Å². The molecule has 0 radical (unpaired) electrons. The van der Waals surface area contributed by atoms with Gasteiger partial charge in [-0.3, -0.25) is 23.9 Å². The van der Waals surface area contributed by atoms with Crippen molar-refractivity contribution in [1.82, 2.24) is 9.78 Å². The molecule has 0 spiro atoms. The van der Waals surface area contributed by atoms with Gasteiger partial charge in [-0.2, -0.15) is 5.10 Å². The number of aryl methyl sites for hydroxylation is 1. The Labute approximate surface area is 156 Å². The Bertz CT molecular complexity index is 1040. The van der Waals surface area contributed by atoms with Crippen molar-refractivity contribution in [3.63, 3.8) is 0 Å². The average Bonchev–Trinajstić information content (AvgIpc) is 3.15. The van der Waals surface area contributed by atoms with Crippen LogP contribution in [0, 0.1) is 24.0 Å². The predicted molar refractivity (Wildman–Crippen MR) is 99.6 cm³/mol. The zero-order chi connectivity index (χ0) is 19.9. The lowest BCUT2D eigenvalue weighted by atomic mass is 10.1. The lowest BCUT2D eigenvalue weighted by molar-refractivity contribution is -0.386. The molecular formula is C17H20N4O5S. The van der Waals surface area contributed by atoms with Gasteiger partial charge in [-0.25, -0.2) is 8.42 Å². The van der Waals surface area contributed by atoms with Gasteiger partial charge in [-0.15, -0.1) is 0 Å².